The molecule has 236 valence electrons. The number of rotatable bonds is 6. The van der Waals surface area contributed by atoms with Gasteiger partial charge in [-0.2, -0.15) is 12.7 Å². The molecule has 44 heavy (non-hydrogen) atoms. The van der Waals surface area contributed by atoms with Crippen LogP contribution in [0.2, 0.25) is 0 Å². The van der Waals surface area contributed by atoms with Crippen molar-refractivity contribution in [2.24, 2.45) is 0 Å². The van der Waals surface area contributed by atoms with Crippen LogP contribution in [-0.4, -0.2) is 61.6 Å². The summed E-state index contributed by atoms with van der Waals surface area (Å²) in [7, 11) is 0.436. The van der Waals surface area contributed by atoms with E-state index in [-0.39, 0.29) is 11.5 Å². The van der Waals surface area contributed by atoms with Crippen LogP contribution >= 0.6 is 0 Å². The molecule has 3 aliphatic rings. The van der Waals surface area contributed by atoms with Crippen molar-refractivity contribution in [1.29, 1.82) is 0 Å². The van der Waals surface area contributed by atoms with Crippen LogP contribution in [0.25, 0.3) is 22.2 Å². The van der Waals surface area contributed by atoms with E-state index in [1.165, 1.54) is 26.1 Å². The van der Waals surface area contributed by atoms with E-state index >= 15 is 0 Å². The standard InChI is InChI=1S/C33H42N4O6S/c1-32(2,3)43-31(39)34-33-18-26(33)25-17-22(42-6)13-15-23(25)29-28(20-10-8-7-9-11-20)24-14-12-21(16-27(24)37(29)19-33)30(38)35-44(40,41)36(4)5/h12-17,20,26H,7-11,18-19H2,1-6H3,(H,34,39)(H,35,38)/t26-,33-/m1/s1. The summed E-state index contributed by atoms with van der Waals surface area (Å²) in [6, 6.07) is 11.6. The molecular weight excluding hydrogens is 580 g/mol. The van der Waals surface area contributed by atoms with E-state index in [0.29, 0.717) is 12.5 Å². The van der Waals surface area contributed by atoms with Gasteiger partial charge in [0.2, 0.25) is 0 Å². The summed E-state index contributed by atoms with van der Waals surface area (Å²) in [5.41, 5.74) is 4.42. The number of fused-ring (bicyclic) bond motifs is 7. The van der Waals surface area contributed by atoms with Gasteiger partial charge in [0.15, 0.2) is 0 Å². The lowest BCUT2D eigenvalue weighted by Gasteiger charge is -2.25. The van der Waals surface area contributed by atoms with Crippen molar-refractivity contribution < 1.29 is 27.5 Å². The van der Waals surface area contributed by atoms with Gasteiger partial charge in [0.05, 0.1) is 18.3 Å². The molecule has 11 heteroatoms. The van der Waals surface area contributed by atoms with Crippen LogP contribution in [0.3, 0.4) is 0 Å². The van der Waals surface area contributed by atoms with E-state index in [9.17, 15) is 18.0 Å². The number of methoxy groups -OCH3 is 1. The van der Waals surface area contributed by atoms with Crippen LogP contribution in [0.5, 0.6) is 5.75 Å². The fourth-order valence-corrected chi connectivity index (χ4v) is 7.60. The smallest absolute Gasteiger partial charge is 0.408 e. The highest BCUT2D eigenvalue weighted by molar-refractivity contribution is 7.87. The molecule has 6 rings (SSSR count). The molecule has 2 aromatic carbocycles. The summed E-state index contributed by atoms with van der Waals surface area (Å²) in [4.78, 5) is 26.4. The number of nitrogens with zero attached hydrogens (tertiary/aromatic N) is 2. The van der Waals surface area contributed by atoms with Gasteiger partial charge in [-0.15, -0.1) is 0 Å². The van der Waals surface area contributed by atoms with Gasteiger partial charge < -0.3 is 19.4 Å². The predicted octanol–water partition coefficient (Wildman–Crippen LogP) is 5.67. The van der Waals surface area contributed by atoms with Gasteiger partial charge in [0.25, 0.3) is 5.91 Å². The minimum absolute atomic E-state index is 0.0472. The Bertz CT molecular complexity index is 1750. The number of carbonyl (C=O) groups excluding carboxylic acids is 2. The Balaban J connectivity index is 1.55. The number of hydrogen-bond acceptors (Lipinski definition) is 6. The van der Waals surface area contributed by atoms with Gasteiger partial charge in [-0.1, -0.05) is 25.3 Å². The van der Waals surface area contributed by atoms with E-state index in [1.54, 1.807) is 19.2 Å². The Kier molecular flexibility index (Phi) is 7.48. The number of carbonyl (C=O) groups is 2. The lowest BCUT2D eigenvalue weighted by Crippen LogP contribution is -2.44. The van der Waals surface area contributed by atoms with Gasteiger partial charge in [-0.3, -0.25) is 4.79 Å². The maximum absolute atomic E-state index is 13.2. The molecule has 10 nitrogen and oxygen atoms in total. The van der Waals surface area contributed by atoms with Crippen LogP contribution in [-0.2, 0) is 21.5 Å². The molecule has 2 saturated carbocycles. The van der Waals surface area contributed by atoms with E-state index in [2.05, 4.69) is 26.7 Å². The molecule has 1 aliphatic heterocycles. The molecule has 0 saturated heterocycles. The SMILES string of the molecule is COc1ccc2c(c1)[C@H]1C[C@@]1(NC(=O)OC(C)(C)C)Cn1c-2c(C2CCCCC2)c2ccc(C(=O)NS(=O)(=O)N(C)C)cc21. The average Bonchev–Trinajstić information content (AvgIpc) is 3.58. The fourth-order valence-electron chi connectivity index (χ4n) is 7.07. The number of ether oxygens (including phenoxy) is 2. The maximum atomic E-state index is 13.2. The second-order valence-electron chi connectivity index (χ2n) is 13.6. The average molecular weight is 623 g/mol. The number of nitrogens with one attached hydrogen (secondary N) is 2. The molecule has 2 fully saturated rings. The number of aromatic nitrogens is 1. The van der Waals surface area contributed by atoms with Gasteiger partial charge in [-0.25, -0.2) is 9.52 Å². The van der Waals surface area contributed by atoms with Gasteiger partial charge >= 0.3 is 16.3 Å². The van der Waals surface area contributed by atoms with Crippen molar-refractivity contribution in [2.45, 2.75) is 88.8 Å². The van der Waals surface area contributed by atoms with E-state index in [1.807, 2.05) is 32.9 Å². The van der Waals surface area contributed by atoms with E-state index in [0.717, 1.165) is 69.9 Å². The monoisotopic (exact) mass is 622 g/mol. The number of amides is 2. The number of benzene rings is 2. The molecule has 0 spiro atoms. The Hall–Kier alpha value is -3.57. The first-order valence-electron chi connectivity index (χ1n) is 15.3. The summed E-state index contributed by atoms with van der Waals surface area (Å²) < 4.78 is 41.7. The quantitative estimate of drug-likeness (QED) is 0.366. The highest BCUT2D eigenvalue weighted by Gasteiger charge is 2.59. The molecule has 0 unspecified atom stereocenters. The molecule has 2 aliphatic carbocycles. The molecule has 2 N–H and O–H groups in total. The van der Waals surface area contributed by atoms with Crippen LogP contribution in [0.1, 0.15) is 92.6 Å². The van der Waals surface area contributed by atoms with Crippen molar-refractivity contribution in [3.8, 4) is 17.0 Å². The summed E-state index contributed by atoms with van der Waals surface area (Å²) in [5, 5.41) is 4.28. The zero-order valence-electron chi connectivity index (χ0n) is 26.3. The summed E-state index contributed by atoms with van der Waals surface area (Å²) >= 11 is 0. The zero-order chi connectivity index (χ0) is 31.6. The molecule has 3 aromatic rings. The highest BCUT2D eigenvalue weighted by atomic mass is 32.2. The van der Waals surface area contributed by atoms with Crippen LogP contribution in [0, 0.1) is 0 Å². The van der Waals surface area contributed by atoms with Crippen molar-refractivity contribution >= 4 is 33.1 Å². The largest absolute Gasteiger partial charge is 0.497 e. The van der Waals surface area contributed by atoms with Crippen LogP contribution < -0.4 is 14.8 Å². The minimum Gasteiger partial charge on any atom is -0.497 e. The second kappa shape index (κ2) is 10.8. The summed E-state index contributed by atoms with van der Waals surface area (Å²) in [6.07, 6.45) is 5.94. The maximum Gasteiger partial charge on any atom is 0.408 e. The van der Waals surface area contributed by atoms with Crippen molar-refractivity contribution in [3.63, 3.8) is 0 Å². The third-order valence-corrected chi connectivity index (χ3v) is 10.6. The predicted molar refractivity (Wildman–Crippen MR) is 169 cm³/mol. The van der Waals surface area contributed by atoms with Gasteiger partial charge in [0.1, 0.15) is 11.4 Å². The van der Waals surface area contributed by atoms with Crippen LogP contribution in [0.15, 0.2) is 36.4 Å². The molecule has 2 atom stereocenters. The van der Waals surface area contributed by atoms with Crippen molar-refractivity contribution in [1.82, 2.24) is 18.9 Å². The van der Waals surface area contributed by atoms with Crippen LogP contribution in [0.4, 0.5) is 4.79 Å². The molecule has 1 aromatic heterocycles. The number of hydrogen-bond donors (Lipinski definition) is 2. The normalized spacial score (nSPS) is 21.6. The Morgan fingerprint density at radius 1 is 1.05 bits per heavy atom. The molecule has 2 amide bonds. The van der Waals surface area contributed by atoms with E-state index < -0.39 is 33.3 Å². The minimum atomic E-state index is -3.97. The first-order chi connectivity index (χ1) is 20.7. The second-order valence-corrected chi connectivity index (χ2v) is 15.5. The topological polar surface area (TPSA) is 119 Å². The van der Waals surface area contributed by atoms with Gasteiger partial charge in [0, 0.05) is 48.6 Å². The molecule has 0 bridgehead atoms. The fraction of sp³-hybridized carbons (Fsp3) is 0.515. The first kappa shape index (κ1) is 30.5. The molecular formula is C33H42N4O6S. The van der Waals surface area contributed by atoms with Gasteiger partial charge in [-0.05, 0) is 87.4 Å². The highest BCUT2D eigenvalue weighted by Crippen LogP contribution is 2.60. The van der Waals surface area contributed by atoms with E-state index in [4.69, 9.17) is 9.47 Å². The first-order valence-corrected chi connectivity index (χ1v) is 16.8. The summed E-state index contributed by atoms with van der Waals surface area (Å²) in [5.74, 6) is 0.452. The summed E-state index contributed by atoms with van der Waals surface area (Å²) in [6.45, 7) is 6.02. The lowest BCUT2D eigenvalue weighted by molar-refractivity contribution is 0.0489. The Morgan fingerprint density at radius 2 is 1.77 bits per heavy atom. The molecule has 0 radical (unpaired) electrons. The Morgan fingerprint density at radius 3 is 2.43 bits per heavy atom. The van der Waals surface area contributed by atoms with Crippen molar-refractivity contribution in [3.05, 3.63) is 53.1 Å². The Labute approximate surface area is 259 Å². The van der Waals surface area contributed by atoms with Crippen molar-refractivity contribution in [2.75, 3.05) is 21.2 Å². The third kappa shape index (κ3) is 5.45. The lowest BCUT2D eigenvalue weighted by atomic mass is 9.81. The number of alkyl carbamates (subject to hydrolysis) is 1. The zero-order valence-corrected chi connectivity index (χ0v) is 27.1. The molecule has 2 heterocycles. The third-order valence-electron chi connectivity index (χ3n) is 9.24.